The van der Waals surface area contributed by atoms with Gasteiger partial charge >= 0.3 is 0 Å². The Kier molecular flexibility index (Phi) is 5.43. The molecule has 148 valence electrons. The third-order valence-electron chi connectivity index (χ3n) is 5.08. The number of anilines is 1. The van der Waals surface area contributed by atoms with Gasteiger partial charge in [0.25, 0.3) is 5.91 Å². The number of piperidine rings is 1. The normalized spacial score (nSPS) is 20.1. The summed E-state index contributed by atoms with van der Waals surface area (Å²) in [5.41, 5.74) is 0.925. The molecule has 0 radical (unpaired) electrons. The smallest absolute Gasteiger partial charge is 0.262 e. The minimum atomic E-state index is -3.87. The quantitative estimate of drug-likeness (QED) is 0.830. The number of sulfonamides is 1. The Bertz CT molecular complexity index is 868. The van der Waals surface area contributed by atoms with Crippen molar-refractivity contribution in [1.29, 1.82) is 0 Å². The van der Waals surface area contributed by atoms with Crippen molar-refractivity contribution in [3.05, 3.63) is 17.7 Å². The van der Waals surface area contributed by atoms with Crippen LogP contribution in [0.5, 0.6) is 5.75 Å². The molecule has 0 saturated carbocycles. The number of amides is 2. The van der Waals surface area contributed by atoms with Gasteiger partial charge in [-0.15, -0.1) is 0 Å². The molecule has 1 N–H and O–H groups in total. The molecule has 1 saturated heterocycles. The molecule has 0 unspecified atom stereocenters. The van der Waals surface area contributed by atoms with Crippen LogP contribution in [-0.2, 0) is 19.6 Å². The highest BCUT2D eigenvalue weighted by Crippen LogP contribution is 2.33. The molecular formula is C18H25N3O5S. The minimum absolute atomic E-state index is 0.0689. The van der Waals surface area contributed by atoms with Crippen LogP contribution in [0.4, 0.5) is 5.69 Å². The molecule has 2 amide bonds. The van der Waals surface area contributed by atoms with Gasteiger partial charge in [0.05, 0.1) is 17.1 Å². The first-order chi connectivity index (χ1) is 12.7. The highest BCUT2D eigenvalue weighted by Gasteiger charge is 2.30. The summed E-state index contributed by atoms with van der Waals surface area (Å²) in [5.74, 6) is -0.161. The number of hydrogen-bond donors (Lipinski definition) is 1. The number of hydrogen-bond acceptors (Lipinski definition) is 5. The fourth-order valence-corrected chi connectivity index (χ4v) is 4.83. The third kappa shape index (κ3) is 3.93. The van der Waals surface area contributed by atoms with Gasteiger partial charge in [-0.2, -0.15) is 4.31 Å². The minimum Gasteiger partial charge on any atom is -0.482 e. The maximum atomic E-state index is 13.0. The van der Waals surface area contributed by atoms with Crippen molar-refractivity contribution < 1.29 is 22.7 Å². The van der Waals surface area contributed by atoms with Crippen molar-refractivity contribution >= 4 is 27.5 Å². The number of nitrogens with zero attached hydrogens (tertiary/aromatic N) is 2. The van der Waals surface area contributed by atoms with Gasteiger partial charge in [0.2, 0.25) is 15.9 Å². The van der Waals surface area contributed by atoms with E-state index in [9.17, 15) is 18.0 Å². The zero-order valence-electron chi connectivity index (χ0n) is 15.8. The lowest BCUT2D eigenvalue weighted by atomic mass is 10.0. The highest BCUT2D eigenvalue weighted by molar-refractivity contribution is 7.89. The topological polar surface area (TPSA) is 96.0 Å². The van der Waals surface area contributed by atoms with E-state index in [0.29, 0.717) is 23.5 Å². The number of rotatable bonds is 4. The van der Waals surface area contributed by atoms with Crippen molar-refractivity contribution in [2.24, 2.45) is 0 Å². The maximum Gasteiger partial charge on any atom is 0.262 e. The van der Waals surface area contributed by atoms with E-state index in [-0.39, 0.29) is 35.9 Å². The summed E-state index contributed by atoms with van der Waals surface area (Å²) in [4.78, 5) is 25.8. The van der Waals surface area contributed by atoms with Crippen LogP contribution in [0.2, 0.25) is 0 Å². The Hall–Kier alpha value is -2.13. The Labute approximate surface area is 159 Å². The van der Waals surface area contributed by atoms with E-state index < -0.39 is 10.0 Å². The SMILES string of the molecule is Cc1cc2c(cc1S(=O)(=O)N(C)CC(=O)N1CCCC[C@@H]1C)OCC(=O)N2. The van der Waals surface area contributed by atoms with Crippen LogP contribution in [0.15, 0.2) is 17.0 Å². The molecule has 1 aromatic rings. The van der Waals surface area contributed by atoms with E-state index in [2.05, 4.69) is 5.32 Å². The van der Waals surface area contributed by atoms with Gasteiger partial charge in [0, 0.05) is 25.7 Å². The van der Waals surface area contributed by atoms with Crippen molar-refractivity contribution in [3.63, 3.8) is 0 Å². The predicted molar refractivity (Wildman–Crippen MR) is 100 cm³/mol. The van der Waals surface area contributed by atoms with Crippen LogP contribution in [0, 0.1) is 6.92 Å². The molecule has 0 spiro atoms. The zero-order valence-corrected chi connectivity index (χ0v) is 16.6. The van der Waals surface area contributed by atoms with Gasteiger partial charge in [-0.1, -0.05) is 0 Å². The predicted octanol–water partition coefficient (Wildman–Crippen LogP) is 1.35. The van der Waals surface area contributed by atoms with Crippen LogP contribution in [0.25, 0.3) is 0 Å². The first kappa shape index (κ1) is 19.6. The van der Waals surface area contributed by atoms with Gasteiger partial charge in [0.1, 0.15) is 5.75 Å². The van der Waals surface area contributed by atoms with Gasteiger partial charge < -0.3 is 15.0 Å². The second kappa shape index (κ2) is 7.47. The molecule has 1 aromatic carbocycles. The van der Waals surface area contributed by atoms with Gasteiger partial charge in [-0.05, 0) is 44.7 Å². The molecule has 0 aliphatic carbocycles. The van der Waals surface area contributed by atoms with E-state index in [1.54, 1.807) is 17.9 Å². The molecule has 2 heterocycles. The molecule has 2 aliphatic heterocycles. The van der Waals surface area contributed by atoms with Crippen molar-refractivity contribution in [1.82, 2.24) is 9.21 Å². The zero-order chi connectivity index (χ0) is 19.8. The molecule has 3 rings (SSSR count). The Morgan fingerprint density at radius 3 is 2.81 bits per heavy atom. The van der Waals surface area contributed by atoms with Crippen LogP contribution in [0.1, 0.15) is 31.7 Å². The Morgan fingerprint density at radius 1 is 1.37 bits per heavy atom. The van der Waals surface area contributed by atoms with Crippen molar-refractivity contribution in [2.75, 3.05) is 32.1 Å². The average molecular weight is 395 g/mol. The monoisotopic (exact) mass is 395 g/mol. The molecule has 8 nitrogen and oxygen atoms in total. The number of aryl methyl sites for hydroxylation is 1. The first-order valence-corrected chi connectivity index (χ1v) is 10.5. The Balaban J connectivity index is 1.81. The number of benzene rings is 1. The largest absolute Gasteiger partial charge is 0.482 e. The van der Waals surface area contributed by atoms with Crippen molar-refractivity contribution in [3.8, 4) is 5.75 Å². The molecule has 0 aromatic heterocycles. The maximum absolute atomic E-state index is 13.0. The van der Waals surface area contributed by atoms with Crippen LogP contribution in [-0.4, -0.2) is 62.2 Å². The number of fused-ring (bicyclic) bond motifs is 1. The van der Waals surface area contributed by atoms with Crippen LogP contribution < -0.4 is 10.1 Å². The molecule has 2 aliphatic rings. The lowest BCUT2D eigenvalue weighted by Gasteiger charge is -2.34. The molecule has 1 atom stereocenters. The van der Waals surface area contributed by atoms with Gasteiger partial charge in [0.15, 0.2) is 6.61 Å². The average Bonchev–Trinajstić information content (AvgIpc) is 2.61. The fourth-order valence-electron chi connectivity index (χ4n) is 3.50. The standard InChI is InChI=1S/C18H25N3O5S/c1-12-8-14-15(26-11-17(22)19-14)9-16(12)27(24,25)20(3)10-18(23)21-7-5-4-6-13(21)2/h8-9,13H,4-7,10-11H2,1-3H3,(H,19,22)/t13-/m0/s1. The summed E-state index contributed by atoms with van der Waals surface area (Å²) in [5, 5.41) is 2.66. The number of nitrogens with one attached hydrogen (secondary N) is 1. The second-order valence-electron chi connectivity index (χ2n) is 7.14. The van der Waals surface area contributed by atoms with Crippen LogP contribution >= 0.6 is 0 Å². The lowest BCUT2D eigenvalue weighted by Crippen LogP contribution is -2.47. The lowest BCUT2D eigenvalue weighted by molar-refractivity contribution is -0.134. The fraction of sp³-hybridized carbons (Fsp3) is 0.556. The highest BCUT2D eigenvalue weighted by atomic mass is 32.2. The van der Waals surface area contributed by atoms with E-state index in [4.69, 9.17) is 4.74 Å². The molecule has 27 heavy (non-hydrogen) atoms. The Morgan fingerprint density at radius 2 is 2.11 bits per heavy atom. The van der Waals surface area contributed by atoms with Crippen LogP contribution in [0.3, 0.4) is 0 Å². The van der Waals surface area contributed by atoms with E-state index in [1.807, 2.05) is 6.92 Å². The summed E-state index contributed by atoms with van der Waals surface area (Å²) in [6.07, 6.45) is 2.97. The first-order valence-electron chi connectivity index (χ1n) is 9.03. The summed E-state index contributed by atoms with van der Waals surface area (Å²) in [6, 6.07) is 3.11. The summed E-state index contributed by atoms with van der Waals surface area (Å²) >= 11 is 0. The summed E-state index contributed by atoms with van der Waals surface area (Å²) in [6.45, 7) is 3.94. The number of likely N-dealkylation sites (N-methyl/N-ethyl adjacent to an activating group) is 1. The molecular weight excluding hydrogens is 370 g/mol. The number of carbonyl (C=O) groups is 2. The molecule has 9 heteroatoms. The number of carbonyl (C=O) groups excluding carboxylic acids is 2. The third-order valence-corrected chi connectivity index (χ3v) is 7.02. The van der Waals surface area contributed by atoms with E-state index in [0.717, 1.165) is 23.6 Å². The van der Waals surface area contributed by atoms with Crippen molar-refractivity contribution in [2.45, 2.75) is 44.0 Å². The van der Waals surface area contributed by atoms with E-state index >= 15 is 0 Å². The molecule has 1 fully saturated rings. The van der Waals surface area contributed by atoms with Gasteiger partial charge in [-0.3, -0.25) is 9.59 Å². The second-order valence-corrected chi connectivity index (χ2v) is 9.16. The van der Waals surface area contributed by atoms with Gasteiger partial charge in [-0.25, -0.2) is 8.42 Å². The summed E-state index contributed by atoms with van der Waals surface area (Å²) in [7, 11) is -2.47. The molecule has 0 bridgehead atoms. The summed E-state index contributed by atoms with van der Waals surface area (Å²) < 4.78 is 32.4. The number of likely N-dealkylation sites (tertiary alicyclic amines) is 1. The number of ether oxygens (including phenoxy) is 1. The van der Waals surface area contributed by atoms with E-state index in [1.165, 1.54) is 13.1 Å².